The van der Waals surface area contributed by atoms with E-state index in [1.165, 1.54) is 51.7 Å². The van der Waals surface area contributed by atoms with Gasteiger partial charge in [0.1, 0.15) is 0 Å². The molecule has 17 heavy (non-hydrogen) atoms. The van der Waals surface area contributed by atoms with Gasteiger partial charge in [0.2, 0.25) is 0 Å². The second-order valence-electron chi connectivity index (χ2n) is 5.84. The van der Waals surface area contributed by atoms with Gasteiger partial charge in [-0.15, -0.1) is 0 Å². The third kappa shape index (κ3) is 7.58. The summed E-state index contributed by atoms with van der Waals surface area (Å²) in [6.07, 6.45) is 10.2. The summed E-state index contributed by atoms with van der Waals surface area (Å²) in [4.78, 5) is 7.82. The van der Waals surface area contributed by atoms with Crippen LogP contribution >= 0.6 is 0 Å². The van der Waals surface area contributed by atoms with Crippen molar-refractivity contribution in [2.75, 3.05) is 19.6 Å². The molecule has 1 rings (SSSR count). The van der Waals surface area contributed by atoms with E-state index in [0.29, 0.717) is 0 Å². The molecule has 2 heteroatoms. The van der Waals surface area contributed by atoms with Crippen molar-refractivity contribution in [2.45, 2.75) is 73.7 Å². The minimum absolute atomic E-state index is 0.762. The van der Waals surface area contributed by atoms with Crippen LogP contribution < -0.4 is 0 Å². The number of hydrogen-bond acceptors (Lipinski definition) is 1. The summed E-state index contributed by atoms with van der Waals surface area (Å²) in [5.74, 6) is 0. The van der Waals surface area contributed by atoms with Crippen LogP contribution in [-0.2, 0) is 0 Å². The van der Waals surface area contributed by atoms with E-state index in [2.05, 4.69) is 18.7 Å². The molecule has 0 aromatic rings. The Kier molecular flexibility index (Phi) is 9.68. The SMILES string of the molecule is CCCCN(CCCC)C[CH2][Ga]1[CH2]CCC[CH2]1. The van der Waals surface area contributed by atoms with Crippen LogP contribution in [0.1, 0.15) is 58.8 Å². The summed E-state index contributed by atoms with van der Waals surface area (Å²) in [7, 11) is 0. The first-order valence-electron chi connectivity index (χ1n) is 8.09. The van der Waals surface area contributed by atoms with E-state index >= 15 is 0 Å². The predicted molar refractivity (Wildman–Crippen MR) is 80.3 cm³/mol. The van der Waals surface area contributed by atoms with E-state index in [1.807, 2.05) is 0 Å². The summed E-state index contributed by atoms with van der Waals surface area (Å²) in [6, 6.07) is 0. The molecule has 1 aliphatic rings. The van der Waals surface area contributed by atoms with Crippen molar-refractivity contribution in [1.29, 1.82) is 0 Å². The number of unbranched alkanes of at least 4 members (excludes halogenated alkanes) is 2. The summed E-state index contributed by atoms with van der Waals surface area (Å²) in [6.45, 7) is 8.81. The topological polar surface area (TPSA) is 3.24 Å². The van der Waals surface area contributed by atoms with Crippen LogP contribution in [-0.4, -0.2) is 40.8 Å². The van der Waals surface area contributed by atoms with E-state index < -0.39 is 16.2 Å². The molecule has 1 fully saturated rings. The van der Waals surface area contributed by atoms with E-state index in [0.717, 1.165) is 0 Å². The molecule has 0 aromatic heterocycles. The van der Waals surface area contributed by atoms with Gasteiger partial charge >= 0.3 is 114 Å². The van der Waals surface area contributed by atoms with Crippen molar-refractivity contribution in [3.8, 4) is 0 Å². The Balaban J connectivity index is 2.16. The summed E-state index contributed by atoms with van der Waals surface area (Å²) in [5.41, 5.74) is 0. The van der Waals surface area contributed by atoms with Crippen molar-refractivity contribution in [3.63, 3.8) is 0 Å². The number of rotatable bonds is 9. The maximum atomic E-state index is 2.77. The van der Waals surface area contributed by atoms with E-state index in [-0.39, 0.29) is 0 Å². The monoisotopic (exact) mass is 295 g/mol. The molecule has 1 nitrogen and oxygen atoms in total. The molecule has 0 aromatic carbocycles. The van der Waals surface area contributed by atoms with Crippen molar-refractivity contribution < 1.29 is 0 Å². The second-order valence-corrected chi connectivity index (χ2v) is 13.1. The first-order chi connectivity index (χ1) is 8.36. The zero-order chi connectivity index (χ0) is 12.3. The van der Waals surface area contributed by atoms with Gasteiger partial charge in [0.05, 0.1) is 0 Å². The third-order valence-corrected chi connectivity index (χ3v) is 11.6. The van der Waals surface area contributed by atoms with E-state index in [4.69, 9.17) is 0 Å². The van der Waals surface area contributed by atoms with Gasteiger partial charge in [-0.05, 0) is 0 Å². The molecule has 0 bridgehead atoms. The molecule has 1 saturated heterocycles. The number of nitrogens with zero attached hydrogens (tertiary/aromatic N) is 1. The maximum absolute atomic E-state index is 2.77. The van der Waals surface area contributed by atoms with Gasteiger partial charge < -0.3 is 0 Å². The molecule has 1 aliphatic heterocycles. The molecule has 0 N–H and O–H groups in total. The Morgan fingerprint density at radius 2 is 1.41 bits per heavy atom. The molecule has 0 saturated carbocycles. The Morgan fingerprint density at radius 1 is 0.824 bits per heavy atom. The van der Waals surface area contributed by atoms with Crippen LogP contribution in [0.25, 0.3) is 0 Å². The van der Waals surface area contributed by atoms with Gasteiger partial charge in [0.15, 0.2) is 0 Å². The molecular weight excluding hydrogens is 264 g/mol. The van der Waals surface area contributed by atoms with Crippen LogP contribution in [0, 0.1) is 0 Å². The summed E-state index contributed by atoms with van der Waals surface area (Å²) < 4.78 is 0. The average Bonchev–Trinajstić information content (AvgIpc) is 2.39. The fourth-order valence-corrected chi connectivity index (χ4v) is 9.92. The summed E-state index contributed by atoms with van der Waals surface area (Å²) >= 11 is -0.762. The Bertz CT molecular complexity index is 158. The van der Waals surface area contributed by atoms with Gasteiger partial charge in [0.25, 0.3) is 0 Å². The van der Waals surface area contributed by atoms with Crippen LogP contribution in [0.4, 0.5) is 0 Å². The molecule has 0 aliphatic carbocycles. The average molecular weight is 296 g/mol. The first kappa shape index (κ1) is 15.7. The molecule has 0 spiro atoms. The molecule has 100 valence electrons. The molecule has 0 atom stereocenters. The van der Waals surface area contributed by atoms with Gasteiger partial charge in [0, 0.05) is 0 Å². The number of hydrogen-bond donors (Lipinski definition) is 0. The molecule has 0 radical (unpaired) electrons. The van der Waals surface area contributed by atoms with Crippen LogP contribution in [0.15, 0.2) is 0 Å². The normalized spacial score (nSPS) is 16.8. The minimum atomic E-state index is -0.762. The fourth-order valence-electron chi connectivity index (χ4n) is 2.94. The molecule has 1 heterocycles. The molecule has 0 unspecified atom stereocenters. The Labute approximate surface area is 114 Å². The van der Waals surface area contributed by atoms with Crippen molar-refractivity contribution in [2.24, 2.45) is 0 Å². The van der Waals surface area contributed by atoms with Gasteiger partial charge in [-0.1, -0.05) is 0 Å². The van der Waals surface area contributed by atoms with Crippen molar-refractivity contribution in [3.05, 3.63) is 0 Å². The molecule has 0 amide bonds. The predicted octanol–water partition coefficient (Wildman–Crippen LogP) is 4.57. The van der Waals surface area contributed by atoms with Crippen LogP contribution in [0.2, 0.25) is 14.9 Å². The van der Waals surface area contributed by atoms with E-state index in [9.17, 15) is 0 Å². The molecular formula is C15H32GaN. The third-order valence-electron chi connectivity index (χ3n) is 4.23. The Morgan fingerprint density at radius 3 is 1.94 bits per heavy atom. The fraction of sp³-hybridized carbons (Fsp3) is 1.00. The van der Waals surface area contributed by atoms with Gasteiger partial charge in [-0.25, -0.2) is 0 Å². The van der Waals surface area contributed by atoms with E-state index in [1.54, 1.807) is 27.8 Å². The zero-order valence-corrected chi connectivity index (χ0v) is 14.6. The standard InChI is InChI=1S/C10H22N.C5H10.Ga/c1-4-7-9-11(6-3)10-8-5-2;1-3-5-4-2;/h3-10H2,1-2H3;1-5H2;. The van der Waals surface area contributed by atoms with Gasteiger partial charge in [-0.2, -0.15) is 0 Å². The Hall–Kier alpha value is 0.596. The first-order valence-corrected chi connectivity index (χ1v) is 13.2. The summed E-state index contributed by atoms with van der Waals surface area (Å²) in [5, 5.41) is 0. The zero-order valence-electron chi connectivity index (χ0n) is 12.2. The van der Waals surface area contributed by atoms with Crippen molar-refractivity contribution >= 4 is 16.2 Å². The quantitative estimate of drug-likeness (QED) is 0.563. The van der Waals surface area contributed by atoms with Crippen molar-refractivity contribution in [1.82, 2.24) is 4.90 Å². The van der Waals surface area contributed by atoms with Gasteiger partial charge in [-0.3, -0.25) is 0 Å². The van der Waals surface area contributed by atoms with Crippen LogP contribution in [0.3, 0.4) is 0 Å². The second kappa shape index (κ2) is 10.5. The van der Waals surface area contributed by atoms with Crippen LogP contribution in [0.5, 0.6) is 0 Å².